The Hall–Kier alpha value is -2.69. The number of hydrogen-bond acceptors (Lipinski definition) is 8. The van der Waals surface area contributed by atoms with Gasteiger partial charge >= 0.3 is 0 Å². The fourth-order valence-corrected chi connectivity index (χ4v) is 4.47. The minimum atomic E-state index is -0.244. The molecule has 2 aliphatic heterocycles. The predicted octanol–water partition coefficient (Wildman–Crippen LogP) is 1.66. The molecule has 0 saturated heterocycles. The highest BCUT2D eigenvalue weighted by molar-refractivity contribution is 5.76. The van der Waals surface area contributed by atoms with E-state index in [2.05, 4.69) is 29.2 Å². The normalized spacial score (nSPS) is 22.3. The van der Waals surface area contributed by atoms with Crippen molar-refractivity contribution in [3.63, 3.8) is 0 Å². The molecule has 0 bridgehead atoms. The number of likely N-dealkylation sites (N-methyl/N-ethyl adjacent to an activating group) is 1. The van der Waals surface area contributed by atoms with Gasteiger partial charge in [0, 0.05) is 38.5 Å². The second-order valence-electron chi connectivity index (χ2n) is 9.34. The molecule has 186 valence electrons. The summed E-state index contributed by atoms with van der Waals surface area (Å²) >= 11 is 0. The van der Waals surface area contributed by atoms with Crippen molar-refractivity contribution in [2.45, 2.75) is 58.5 Å². The number of benzene rings is 1. The van der Waals surface area contributed by atoms with Crippen LogP contribution < -0.4 is 9.47 Å². The standard InChI is InChI=1S/C24H35N5O5/c1-17-11-28(18(2)14-30)24(31)5-4-8-29-20(10-25-26-29)15-32-23(17)13-27(3)12-19-6-7-21-22(9-19)34-16-33-21/h6-7,9-10,17-18,23,30H,4-5,8,11-16H2,1-3H3/t17-,18+,23-/m0/s1. The maximum Gasteiger partial charge on any atom is 0.231 e. The molecule has 34 heavy (non-hydrogen) atoms. The second kappa shape index (κ2) is 11.2. The summed E-state index contributed by atoms with van der Waals surface area (Å²) < 4.78 is 19.1. The lowest BCUT2D eigenvalue weighted by atomic mass is 10.0. The summed E-state index contributed by atoms with van der Waals surface area (Å²) in [5.41, 5.74) is 2.03. The monoisotopic (exact) mass is 473 g/mol. The molecular formula is C24H35N5O5. The number of aryl methyl sites for hydroxylation is 1. The molecule has 4 rings (SSSR count). The van der Waals surface area contributed by atoms with Gasteiger partial charge in [-0.2, -0.15) is 0 Å². The van der Waals surface area contributed by atoms with Crippen molar-refractivity contribution in [1.82, 2.24) is 24.8 Å². The minimum absolute atomic E-state index is 0.0445. The van der Waals surface area contributed by atoms with E-state index in [1.54, 1.807) is 11.1 Å². The summed E-state index contributed by atoms with van der Waals surface area (Å²) in [5, 5.41) is 17.9. The van der Waals surface area contributed by atoms with Crippen LogP contribution >= 0.6 is 0 Å². The maximum atomic E-state index is 13.0. The zero-order chi connectivity index (χ0) is 24.1. The second-order valence-corrected chi connectivity index (χ2v) is 9.34. The number of aromatic nitrogens is 3. The van der Waals surface area contributed by atoms with E-state index >= 15 is 0 Å². The first-order valence-corrected chi connectivity index (χ1v) is 11.9. The molecule has 2 aliphatic rings. The van der Waals surface area contributed by atoms with E-state index in [0.717, 1.165) is 29.3 Å². The molecule has 1 aromatic heterocycles. The average Bonchev–Trinajstić information content (AvgIpc) is 3.47. The van der Waals surface area contributed by atoms with Crippen molar-refractivity contribution in [2.75, 3.05) is 33.5 Å². The van der Waals surface area contributed by atoms with Crippen molar-refractivity contribution < 1.29 is 24.1 Å². The Labute approximate surface area is 200 Å². The van der Waals surface area contributed by atoms with Gasteiger partial charge in [0.05, 0.1) is 37.3 Å². The highest BCUT2D eigenvalue weighted by Crippen LogP contribution is 2.32. The smallest absolute Gasteiger partial charge is 0.231 e. The average molecular weight is 474 g/mol. The Bertz CT molecular complexity index is 967. The molecule has 0 aliphatic carbocycles. The number of ether oxygens (including phenoxy) is 3. The summed E-state index contributed by atoms with van der Waals surface area (Å²) in [5.74, 6) is 1.65. The van der Waals surface area contributed by atoms with E-state index in [9.17, 15) is 9.90 Å². The van der Waals surface area contributed by atoms with Crippen LogP contribution in [0.2, 0.25) is 0 Å². The molecule has 3 atom stereocenters. The number of amides is 1. The fraction of sp³-hybridized carbons (Fsp3) is 0.625. The predicted molar refractivity (Wildman–Crippen MR) is 124 cm³/mol. The first-order chi connectivity index (χ1) is 16.4. The van der Waals surface area contributed by atoms with Crippen molar-refractivity contribution >= 4 is 5.91 Å². The number of rotatable bonds is 6. The molecule has 1 N–H and O–H groups in total. The van der Waals surface area contributed by atoms with E-state index in [4.69, 9.17) is 14.2 Å². The molecule has 1 amide bonds. The number of nitrogens with zero attached hydrogens (tertiary/aromatic N) is 5. The lowest BCUT2D eigenvalue weighted by Crippen LogP contribution is -2.47. The number of fused-ring (bicyclic) bond motifs is 2. The molecule has 2 aromatic rings. The van der Waals surface area contributed by atoms with Crippen LogP contribution in [0.15, 0.2) is 24.4 Å². The number of hydrogen-bond donors (Lipinski definition) is 1. The minimum Gasteiger partial charge on any atom is -0.454 e. The van der Waals surface area contributed by atoms with Crippen LogP contribution in [0.4, 0.5) is 0 Å². The third kappa shape index (κ3) is 5.86. The number of carbonyl (C=O) groups is 1. The topological polar surface area (TPSA) is 102 Å². The van der Waals surface area contributed by atoms with Gasteiger partial charge in [0.15, 0.2) is 11.5 Å². The van der Waals surface area contributed by atoms with Crippen LogP contribution in [-0.2, 0) is 29.2 Å². The van der Waals surface area contributed by atoms with Crippen molar-refractivity contribution in [2.24, 2.45) is 5.92 Å². The quantitative estimate of drug-likeness (QED) is 0.676. The number of carbonyl (C=O) groups excluding carboxylic acids is 1. The Morgan fingerprint density at radius 1 is 1.29 bits per heavy atom. The van der Waals surface area contributed by atoms with Crippen molar-refractivity contribution in [3.05, 3.63) is 35.7 Å². The van der Waals surface area contributed by atoms with E-state index in [1.807, 2.05) is 29.8 Å². The summed E-state index contributed by atoms with van der Waals surface area (Å²) in [6.07, 6.45) is 2.67. The zero-order valence-electron chi connectivity index (χ0n) is 20.2. The lowest BCUT2D eigenvalue weighted by Gasteiger charge is -2.35. The lowest BCUT2D eigenvalue weighted by molar-refractivity contribution is -0.136. The van der Waals surface area contributed by atoms with E-state index in [0.29, 0.717) is 39.1 Å². The van der Waals surface area contributed by atoms with E-state index < -0.39 is 0 Å². The van der Waals surface area contributed by atoms with Gasteiger partial charge in [-0.25, -0.2) is 4.68 Å². The third-order valence-electron chi connectivity index (χ3n) is 6.52. The van der Waals surface area contributed by atoms with Crippen LogP contribution in [0, 0.1) is 5.92 Å². The summed E-state index contributed by atoms with van der Waals surface area (Å²) in [4.78, 5) is 17.0. The van der Waals surface area contributed by atoms with Crippen molar-refractivity contribution in [1.29, 1.82) is 0 Å². The molecule has 10 nitrogen and oxygen atoms in total. The Balaban J connectivity index is 1.49. The highest BCUT2D eigenvalue weighted by Gasteiger charge is 2.28. The van der Waals surface area contributed by atoms with Gasteiger partial charge in [0.1, 0.15) is 0 Å². The molecule has 0 fully saturated rings. The van der Waals surface area contributed by atoms with E-state index in [1.165, 1.54) is 0 Å². The van der Waals surface area contributed by atoms with Crippen LogP contribution in [0.3, 0.4) is 0 Å². The molecule has 0 spiro atoms. The van der Waals surface area contributed by atoms with Crippen LogP contribution in [0.5, 0.6) is 11.5 Å². The van der Waals surface area contributed by atoms with Crippen LogP contribution in [0.1, 0.15) is 37.9 Å². The largest absolute Gasteiger partial charge is 0.454 e. The number of aliphatic hydroxyl groups is 1. The number of aliphatic hydroxyl groups excluding tert-OH is 1. The summed E-state index contributed by atoms with van der Waals surface area (Å²) in [7, 11) is 2.06. The first kappa shape index (κ1) is 24.4. The van der Waals surface area contributed by atoms with Crippen molar-refractivity contribution in [3.8, 4) is 11.5 Å². The van der Waals surface area contributed by atoms with Gasteiger partial charge in [-0.15, -0.1) is 5.10 Å². The van der Waals surface area contributed by atoms with Gasteiger partial charge in [-0.05, 0) is 38.1 Å². The molecule has 0 radical (unpaired) electrons. The molecule has 0 saturated carbocycles. The van der Waals surface area contributed by atoms with E-state index in [-0.39, 0.29) is 37.4 Å². The molecule has 10 heteroatoms. The maximum absolute atomic E-state index is 13.0. The first-order valence-electron chi connectivity index (χ1n) is 11.9. The molecule has 0 unspecified atom stereocenters. The zero-order valence-corrected chi connectivity index (χ0v) is 20.2. The molecule has 1 aromatic carbocycles. The van der Waals surface area contributed by atoms with Gasteiger partial charge in [-0.1, -0.05) is 18.2 Å². The van der Waals surface area contributed by atoms with Crippen LogP contribution in [-0.4, -0.2) is 81.5 Å². The Kier molecular flexibility index (Phi) is 8.02. The summed E-state index contributed by atoms with van der Waals surface area (Å²) in [6, 6.07) is 5.75. The SMILES string of the molecule is C[C@H](CO)N1C[C@H](C)[C@H](CN(C)Cc2ccc3c(c2)OCO3)OCc2cnnn2CCCC1=O. The van der Waals surface area contributed by atoms with Gasteiger partial charge in [-0.3, -0.25) is 9.69 Å². The van der Waals surface area contributed by atoms with Crippen LogP contribution in [0.25, 0.3) is 0 Å². The van der Waals surface area contributed by atoms with Gasteiger partial charge in [0.25, 0.3) is 0 Å². The highest BCUT2D eigenvalue weighted by atomic mass is 16.7. The Morgan fingerprint density at radius 3 is 2.94 bits per heavy atom. The molecule has 3 heterocycles. The van der Waals surface area contributed by atoms with Gasteiger partial charge in [0.2, 0.25) is 12.7 Å². The Morgan fingerprint density at radius 2 is 2.12 bits per heavy atom. The fourth-order valence-electron chi connectivity index (χ4n) is 4.47. The summed E-state index contributed by atoms with van der Waals surface area (Å²) in [6.45, 7) is 7.11. The third-order valence-corrected chi connectivity index (χ3v) is 6.52. The molecular weight excluding hydrogens is 438 g/mol. The van der Waals surface area contributed by atoms with Gasteiger partial charge < -0.3 is 24.2 Å².